The largest absolute Gasteiger partial charge is 0.350 e. The van der Waals surface area contributed by atoms with Crippen LogP contribution in [-0.4, -0.2) is 45.7 Å². The number of halogens is 2. The molecule has 0 aliphatic heterocycles. The van der Waals surface area contributed by atoms with E-state index in [2.05, 4.69) is 5.32 Å². The predicted molar refractivity (Wildman–Crippen MR) is 103 cm³/mol. The van der Waals surface area contributed by atoms with Crippen molar-refractivity contribution in [1.82, 2.24) is 10.2 Å². The fourth-order valence-corrected chi connectivity index (χ4v) is 3.06. The molecule has 3 rings (SSSR count). The second-order valence-corrected chi connectivity index (χ2v) is 6.82. The van der Waals surface area contributed by atoms with Gasteiger partial charge in [0.25, 0.3) is 23.2 Å². The van der Waals surface area contributed by atoms with Crippen LogP contribution >= 0.6 is 0 Å². The first-order valence-corrected chi connectivity index (χ1v) is 9.16. The van der Waals surface area contributed by atoms with Gasteiger partial charge in [-0.2, -0.15) is 0 Å². The second-order valence-electron chi connectivity index (χ2n) is 6.82. The van der Waals surface area contributed by atoms with E-state index in [1.165, 1.54) is 4.90 Å². The zero-order valence-corrected chi connectivity index (χ0v) is 15.9. The van der Waals surface area contributed by atoms with Crippen molar-refractivity contribution in [3.05, 3.63) is 79.4 Å². The minimum Gasteiger partial charge on any atom is -0.350 e. The SMILES string of the molecule is O=C(NCCN(C(=O)c1cc(F)ccc1[N+](=O)[O-])C1CC1)c1cc(F)ccc1[N+](=O)[O-]. The fourth-order valence-electron chi connectivity index (χ4n) is 3.06. The Hall–Kier alpha value is -3.96. The average Bonchev–Trinajstić information content (AvgIpc) is 3.55. The Morgan fingerprint density at radius 2 is 1.48 bits per heavy atom. The van der Waals surface area contributed by atoms with Crippen LogP contribution in [0.3, 0.4) is 0 Å². The number of carbonyl (C=O) groups is 2. The number of amides is 2. The monoisotopic (exact) mass is 434 g/mol. The smallest absolute Gasteiger partial charge is 0.282 e. The van der Waals surface area contributed by atoms with Gasteiger partial charge in [0.1, 0.15) is 22.8 Å². The number of rotatable bonds is 8. The van der Waals surface area contributed by atoms with Crippen LogP contribution in [0.1, 0.15) is 33.6 Å². The van der Waals surface area contributed by atoms with E-state index in [4.69, 9.17) is 0 Å². The highest BCUT2D eigenvalue weighted by Crippen LogP contribution is 2.30. The Kier molecular flexibility index (Phi) is 6.18. The van der Waals surface area contributed by atoms with Crippen molar-refractivity contribution in [2.75, 3.05) is 13.1 Å². The molecule has 0 bridgehead atoms. The molecule has 31 heavy (non-hydrogen) atoms. The Morgan fingerprint density at radius 1 is 0.968 bits per heavy atom. The Balaban J connectivity index is 1.73. The van der Waals surface area contributed by atoms with Crippen LogP contribution in [0.25, 0.3) is 0 Å². The first-order chi connectivity index (χ1) is 14.7. The molecular formula is C19H16F2N4O6. The van der Waals surface area contributed by atoms with Gasteiger partial charge in [-0.05, 0) is 37.1 Å². The molecule has 12 heteroatoms. The summed E-state index contributed by atoms with van der Waals surface area (Å²) in [6.45, 7) is -0.232. The summed E-state index contributed by atoms with van der Waals surface area (Å²) in [5.74, 6) is -3.31. The van der Waals surface area contributed by atoms with Crippen molar-refractivity contribution in [2.24, 2.45) is 0 Å². The molecule has 0 unspecified atom stereocenters. The number of nitro groups is 2. The van der Waals surface area contributed by atoms with Crippen molar-refractivity contribution in [2.45, 2.75) is 18.9 Å². The maximum absolute atomic E-state index is 13.6. The van der Waals surface area contributed by atoms with Crippen LogP contribution < -0.4 is 5.32 Å². The van der Waals surface area contributed by atoms with Crippen LogP contribution in [0.5, 0.6) is 0 Å². The summed E-state index contributed by atoms with van der Waals surface area (Å²) in [5.41, 5.74) is -2.01. The standard InChI is InChI=1S/C19H16F2N4O6/c20-11-1-5-16(24(28)29)14(9-11)18(26)22-7-8-23(13-3-4-13)19(27)15-10-12(21)2-6-17(15)25(30)31/h1-2,5-6,9-10,13H,3-4,7-8H2,(H,22,26). The molecule has 1 aliphatic carbocycles. The predicted octanol–water partition coefficient (Wildman–Crippen LogP) is 2.82. The number of carbonyl (C=O) groups excluding carboxylic acids is 2. The van der Waals surface area contributed by atoms with Gasteiger partial charge in [-0.25, -0.2) is 8.78 Å². The van der Waals surface area contributed by atoms with E-state index in [0.29, 0.717) is 12.8 Å². The summed E-state index contributed by atoms with van der Waals surface area (Å²) < 4.78 is 27.0. The number of hydrogen-bond donors (Lipinski definition) is 1. The summed E-state index contributed by atoms with van der Waals surface area (Å²) >= 11 is 0. The number of benzene rings is 2. The molecule has 162 valence electrons. The molecule has 1 saturated carbocycles. The van der Waals surface area contributed by atoms with Gasteiger partial charge in [0.2, 0.25) is 0 Å². The molecule has 0 radical (unpaired) electrons. The molecule has 1 aliphatic rings. The molecule has 2 aromatic rings. The molecular weight excluding hydrogens is 418 g/mol. The van der Waals surface area contributed by atoms with Gasteiger partial charge in [-0.1, -0.05) is 0 Å². The van der Waals surface area contributed by atoms with E-state index < -0.39 is 55.8 Å². The lowest BCUT2D eigenvalue weighted by molar-refractivity contribution is -0.385. The Bertz CT molecular complexity index is 1070. The van der Waals surface area contributed by atoms with Gasteiger partial charge in [0, 0.05) is 31.3 Å². The molecule has 1 N–H and O–H groups in total. The first kappa shape index (κ1) is 21.7. The van der Waals surface area contributed by atoms with Crippen molar-refractivity contribution in [3.63, 3.8) is 0 Å². The van der Waals surface area contributed by atoms with Gasteiger partial charge in [0.05, 0.1) is 9.85 Å². The molecule has 1 fully saturated rings. The molecule has 0 aromatic heterocycles. The molecule has 0 spiro atoms. The summed E-state index contributed by atoms with van der Waals surface area (Å²) in [5, 5.41) is 24.6. The van der Waals surface area contributed by atoms with Gasteiger partial charge in [0.15, 0.2) is 0 Å². The van der Waals surface area contributed by atoms with E-state index in [9.17, 15) is 38.6 Å². The van der Waals surface area contributed by atoms with Gasteiger partial charge >= 0.3 is 0 Å². The number of nitrogens with one attached hydrogen (secondary N) is 1. The Morgan fingerprint density at radius 3 is 2.00 bits per heavy atom. The lowest BCUT2D eigenvalue weighted by Crippen LogP contribution is -2.40. The zero-order valence-electron chi connectivity index (χ0n) is 15.9. The molecule has 0 saturated heterocycles. The van der Waals surface area contributed by atoms with E-state index in [1.807, 2.05) is 0 Å². The fraction of sp³-hybridized carbons (Fsp3) is 0.263. The molecule has 2 amide bonds. The van der Waals surface area contributed by atoms with E-state index >= 15 is 0 Å². The highest BCUT2D eigenvalue weighted by atomic mass is 19.1. The summed E-state index contributed by atoms with van der Waals surface area (Å²) in [4.78, 5) is 47.0. The van der Waals surface area contributed by atoms with Crippen LogP contribution in [0, 0.1) is 31.9 Å². The maximum atomic E-state index is 13.6. The second kappa shape index (κ2) is 8.81. The lowest BCUT2D eigenvalue weighted by Gasteiger charge is -2.22. The quantitative estimate of drug-likeness (QED) is 0.501. The van der Waals surface area contributed by atoms with Gasteiger partial charge in [-0.15, -0.1) is 0 Å². The van der Waals surface area contributed by atoms with E-state index in [0.717, 1.165) is 36.4 Å². The first-order valence-electron chi connectivity index (χ1n) is 9.16. The van der Waals surface area contributed by atoms with Crippen molar-refractivity contribution in [3.8, 4) is 0 Å². The summed E-state index contributed by atoms with van der Waals surface area (Å²) in [7, 11) is 0. The molecule has 0 heterocycles. The van der Waals surface area contributed by atoms with Gasteiger partial charge in [-0.3, -0.25) is 29.8 Å². The van der Waals surface area contributed by atoms with Crippen LogP contribution in [-0.2, 0) is 0 Å². The third-order valence-electron chi connectivity index (χ3n) is 4.67. The number of hydrogen-bond acceptors (Lipinski definition) is 6. The third kappa shape index (κ3) is 4.97. The number of nitro benzene ring substituents is 2. The van der Waals surface area contributed by atoms with Crippen LogP contribution in [0.2, 0.25) is 0 Å². The van der Waals surface area contributed by atoms with Crippen LogP contribution in [0.15, 0.2) is 36.4 Å². The van der Waals surface area contributed by atoms with Crippen LogP contribution in [0.4, 0.5) is 20.2 Å². The summed E-state index contributed by atoms with van der Waals surface area (Å²) in [6.07, 6.45) is 1.27. The average molecular weight is 434 g/mol. The normalized spacial score (nSPS) is 12.8. The Labute approximate surface area is 173 Å². The maximum Gasteiger partial charge on any atom is 0.282 e. The summed E-state index contributed by atoms with van der Waals surface area (Å²) in [6, 6.07) is 4.79. The minimum atomic E-state index is -0.911. The highest BCUT2D eigenvalue weighted by molar-refractivity contribution is 5.99. The van der Waals surface area contributed by atoms with Crippen molar-refractivity contribution in [1.29, 1.82) is 0 Å². The van der Waals surface area contributed by atoms with E-state index in [1.54, 1.807) is 0 Å². The third-order valence-corrected chi connectivity index (χ3v) is 4.67. The van der Waals surface area contributed by atoms with Crippen molar-refractivity contribution < 1.29 is 28.2 Å². The number of nitrogens with zero attached hydrogens (tertiary/aromatic N) is 3. The molecule has 10 nitrogen and oxygen atoms in total. The highest BCUT2D eigenvalue weighted by Gasteiger charge is 2.35. The van der Waals surface area contributed by atoms with Gasteiger partial charge < -0.3 is 10.2 Å². The van der Waals surface area contributed by atoms with E-state index in [-0.39, 0.29) is 19.1 Å². The lowest BCUT2D eigenvalue weighted by atomic mass is 10.1. The minimum absolute atomic E-state index is 0.0774. The van der Waals surface area contributed by atoms with Crippen molar-refractivity contribution >= 4 is 23.2 Å². The zero-order chi connectivity index (χ0) is 22.7. The molecule has 2 aromatic carbocycles. The molecule has 0 atom stereocenters. The topological polar surface area (TPSA) is 136 Å².